The summed E-state index contributed by atoms with van der Waals surface area (Å²) in [4.78, 5) is 24.8. The van der Waals surface area contributed by atoms with Crippen LogP contribution in [0, 0.1) is 5.41 Å². The Morgan fingerprint density at radius 2 is 1.67 bits per heavy atom. The van der Waals surface area contributed by atoms with Gasteiger partial charge in [-0.25, -0.2) is 4.79 Å². The molecule has 0 saturated carbocycles. The summed E-state index contributed by atoms with van der Waals surface area (Å²) in [6.07, 6.45) is 0. The van der Waals surface area contributed by atoms with Crippen molar-refractivity contribution in [3.63, 3.8) is 0 Å². The van der Waals surface area contributed by atoms with Crippen LogP contribution in [-0.2, 0) is 19.0 Å². The van der Waals surface area contributed by atoms with E-state index in [1.54, 1.807) is 54.6 Å². The standard InChI is InChI=1S/C20H14N2O3.C10H20N4O4/c21-11-5-7-15-17(9-11)25-18-10-12(22)6-8-16(18)19(15)13-3-1-2-4-14(13)20(23)24;1-10(15)12-2-4-16-6-8-18-9-7-17-5-3-13-14-11/h1-10,21H,22H2,(H,23,24);2-9H2,1H3,(H,12,15). The van der Waals surface area contributed by atoms with E-state index in [1.165, 1.54) is 6.92 Å². The lowest BCUT2D eigenvalue weighted by Gasteiger charge is -2.16. The van der Waals surface area contributed by atoms with Gasteiger partial charge in [-0.05, 0) is 41.4 Å². The third-order valence-corrected chi connectivity index (χ3v) is 5.94. The van der Waals surface area contributed by atoms with E-state index in [2.05, 4.69) is 15.3 Å². The van der Waals surface area contributed by atoms with E-state index < -0.39 is 5.97 Å². The molecule has 0 fully saturated rings. The SMILES string of the molecule is CC(=O)NCCOCCOCCOCCN=[N+]=[N-].N=c1ccc2c(-c3ccccc3C(=O)O)c3ccc(N)cc3oc-2c1. The van der Waals surface area contributed by atoms with Crippen LogP contribution < -0.4 is 16.4 Å². The smallest absolute Gasteiger partial charge is 0.336 e. The molecule has 0 atom stereocenters. The first kappa shape index (κ1) is 32.6. The fourth-order valence-corrected chi connectivity index (χ4v) is 4.08. The number of anilines is 1. The molecule has 2 aromatic rings. The van der Waals surface area contributed by atoms with Crippen molar-refractivity contribution in [2.24, 2.45) is 5.11 Å². The molecular weight excluding hydrogens is 556 g/mol. The highest BCUT2D eigenvalue weighted by atomic mass is 16.5. The molecule has 1 heterocycles. The summed E-state index contributed by atoms with van der Waals surface area (Å²) >= 11 is 0. The van der Waals surface area contributed by atoms with Crippen molar-refractivity contribution < 1.29 is 33.3 Å². The summed E-state index contributed by atoms with van der Waals surface area (Å²) in [6, 6.07) is 17.2. The monoisotopic (exact) mass is 590 g/mol. The van der Waals surface area contributed by atoms with Crippen molar-refractivity contribution in [3.8, 4) is 22.5 Å². The van der Waals surface area contributed by atoms with E-state index in [1.807, 2.05) is 6.07 Å². The first-order valence-corrected chi connectivity index (χ1v) is 13.4. The second-order valence-corrected chi connectivity index (χ2v) is 9.07. The normalized spacial score (nSPS) is 10.5. The van der Waals surface area contributed by atoms with Crippen LogP contribution in [0.1, 0.15) is 17.3 Å². The minimum Gasteiger partial charge on any atom is -0.478 e. The van der Waals surface area contributed by atoms with Gasteiger partial charge in [-0.2, -0.15) is 0 Å². The highest BCUT2D eigenvalue weighted by Crippen LogP contribution is 2.41. The van der Waals surface area contributed by atoms with Crippen molar-refractivity contribution >= 4 is 28.5 Å². The van der Waals surface area contributed by atoms with Crippen LogP contribution in [0.4, 0.5) is 5.69 Å². The largest absolute Gasteiger partial charge is 0.478 e. The predicted octanol–water partition coefficient (Wildman–Crippen LogP) is 4.45. The third-order valence-electron chi connectivity index (χ3n) is 5.94. The number of nitrogens with one attached hydrogen (secondary N) is 2. The van der Waals surface area contributed by atoms with Gasteiger partial charge in [0.05, 0.1) is 50.6 Å². The van der Waals surface area contributed by atoms with Crippen LogP contribution in [0.2, 0.25) is 0 Å². The van der Waals surface area contributed by atoms with E-state index in [9.17, 15) is 14.7 Å². The summed E-state index contributed by atoms with van der Waals surface area (Å²) in [5, 5.41) is 24.5. The number of carbonyl (C=O) groups excluding carboxylic acids is 1. The van der Waals surface area contributed by atoms with Gasteiger partial charge in [0, 0.05) is 59.3 Å². The fraction of sp³-hybridized carbons (Fsp3) is 0.300. The maximum absolute atomic E-state index is 11.7. The molecule has 1 aliphatic carbocycles. The van der Waals surface area contributed by atoms with Gasteiger partial charge >= 0.3 is 5.97 Å². The second-order valence-electron chi connectivity index (χ2n) is 9.07. The van der Waals surface area contributed by atoms with E-state index >= 15 is 0 Å². The Hall–Kier alpha value is -4.94. The van der Waals surface area contributed by atoms with E-state index in [4.69, 9.17) is 35.3 Å². The molecule has 4 rings (SSSR count). The Morgan fingerprint density at radius 3 is 2.37 bits per heavy atom. The van der Waals surface area contributed by atoms with Crippen LogP contribution in [0.5, 0.6) is 0 Å². The van der Waals surface area contributed by atoms with Gasteiger partial charge in [0.2, 0.25) is 5.91 Å². The number of carbonyl (C=O) groups is 2. The van der Waals surface area contributed by atoms with Crippen molar-refractivity contribution in [1.82, 2.24) is 5.32 Å². The van der Waals surface area contributed by atoms with Crippen molar-refractivity contribution in [1.29, 1.82) is 5.41 Å². The lowest BCUT2D eigenvalue weighted by molar-refractivity contribution is -0.119. The van der Waals surface area contributed by atoms with Gasteiger partial charge in [-0.15, -0.1) is 0 Å². The van der Waals surface area contributed by atoms with Crippen LogP contribution >= 0.6 is 0 Å². The first-order chi connectivity index (χ1) is 20.8. The van der Waals surface area contributed by atoms with E-state index in [0.29, 0.717) is 80.7 Å². The molecule has 1 amide bonds. The Balaban J connectivity index is 0.000000251. The average Bonchev–Trinajstić information content (AvgIpc) is 2.98. The van der Waals surface area contributed by atoms with Gasteiger partial charge in [-0.1, -0.05) is 23.3 Å². The van der Waals surface area contributed by atoms with E-state index in [-0.39, 0.29) is 11.5 Å². The van der Waals surface area contributed by atoms with Gasteiger partial charge in [0.1, 0.15) is 11.3 Å². The molecule has 0 unspecified atom stereocenters. The number of hydrogen-bond donors (Lipinski definition) is 4. The first-order valence-electron chi connectivity index (χ1n) is 13.4. The Kier molecular flexibility index (Phi) is 13.0. The number of nitrogens with two attached hydrogens (primary N) is 1. The quantitative estimate of drug-likeness (QED) is 0.0411. The number of rotatable bonds is 14. The molecule has 5 N–H and O–H groups in total. The number of hydrogen-bond acceptors (Lipinski definition) is 9. The molecule has 0 radical (unpaired) electrons. The van der Waals surface area contributed by atoms with Gasteiger partial charge in [0.25, 0.3) is 0 Å². The van der Waals surface area contributed by atoms with Gasteiger partial charge < -0.3 is 40.2 Å². The van der Waals surface area contributed by atoms with Gasteiger partial charge in [0.15, 0.2) is 0 Å². The Labute approximate surface area is 247 Å². The Morgan fingerprint density at radius 1 is 0.977 bits per heavy atom. The summed E-state index contributed by atoms with van der Waals surface area (Å²) in [6.45, 7) is 5.11. The molecule has 2 aliphatic rings. The molecule has 0 saturated heterocycles. The molecule has 1 aliphatic heterocycles. The highest BCUT2D eigenvalue weighted by Gasteiger charge is 2.20. The van der Waals surface area contributed by atoms with Crippen LogP contribution in [0.3, 0.4) is 0 Å². The number of carboxylic acid groups (broad SMARTS) is 1. The lowest BCUT2D eigenvalue weighted by Crippen LogP contribution is -2.25. The highest BCUT2D eigenvalue weighted by molar-refractivity contribution is 6.07. The number of carboxylic acids is 1. The number of ether oxygens (including phenoxy) is 3. The second kappa shape index (κ2) is 17.1. The summed E-state index contributed by atoms with van der Waals surface area (Å²) in [5.41, 5.74) is 17.3. The van der Waals surface area contributed by atoms with Crippen molar-refractivity contribution in [2.45, 2.75) is 6.92 Å². The predicted molar refractivity (Wildman–Crippen MR) is 161 cm³/mol. The minimum atomic E-state index is -0.995. The summed E-state index contributed by atoms with van der Waals surface area (Å²) in [7, 11) is 0. The zero-order valence-corrected chi connectivity index (χ0v) is 23.7. The maximum Gasteiger partial charge on any atom is 0.336 e. The number of azide groups is 1. The number of nitrogens with zero attached hydrogens (tertiary/aromatic N) is 3. The molecule has 13 nitrogen and oxygen atoms in total. The molecule has 13 heteroatoms. The molecule has 226 valence electrons. The maximum atomic E-state index is 11.7. The Bertz CT molecular complexity index is 1590. The number of fused-ring (bicyclic) bond motifs is 2. The third kappa shape index (κ3) is 10.1. The molecule has 0 aromatic heterocycles. The number of amides is 1. The van der Waals surface area contributed by atoms with Crippen molar-refractivity contribution in [2.75, 3.05) is 58.5 Å². The summed E-state index contributed by atoms with van der Waals surface area (Å²) < 4.78 is 21.5. The van der Waals surface area contributed by atoms with Crippen molar-refractivity contribution in [3.05, 3.63) is 82.0 Å². The number of benzene rings is 3. The number of nitrogen functional groups attached to an aromatic ring is 1. The zero-order chi connectivity index (χ0) is 31.0. The average molecular weight is 591 g/mol. The fourth-order valence-electron chi connectivity index (χ4n) is 4.08. The lowest BCUT2D eigenvalue weighted by atomic mass is 9.91. The number of aromatic carboxylic acids is 1. The molecule has 43 heavy (non-hydrogen) atoms. The minimum absolute atomic E-state index is 0.0623. The van der Waals surface area contributed by atoms with Crippen LogP contribution in [-0.4, -0.2) is 69.7 Å². The molecule has 0 bridgehead atoms. The molecular formula is C30H34N6O7. The molecule has 2 aromatic carbocycles. The van der Waals surface area contributed by atoms with E-state index in [0.717, 1.165) is 16.5 Å². The topological polar surface area (TPSA) is 206 Å². The molecule has 0 spiro atoms. The zero-order valence-electron chi connectivity index (χ0n) is 23.7. The van der Waals surface area contributed by atoms with Crippen LogP contribution in [0.15, 0.2) is 70.2 Å². The van der Waals surface area contributed by atoms with Gasteiger partial charge in [-0.3, -0.25) is 4.79 Å². The van der Waals surface area contributed by atoms with Crippen LogP contribution in [0.25, 0.3) is 43.9 Å². The summed E-state index contributed by atoms with van der Waals surface area (Å²) in [5.74, 6) is -0.543.